The van der Waals surface area contributed by atoms with Crippen LogP contribution in [-0.2, 0) is 14.8 Å². The fourth-order valence-corrected chi connectivity index (χ4v) is 3.11. The van der Waals surface area contributed by atoms with Crippen LogP contribution < -0.4 is 4.72 Å². The van der Waals surface area contributed by atoms with Crippen LogP contribution in [0.1, 0.15) is 23.5 Å². The Morgan fingerprint density at radius 2 is 1.48 bits per heavy atom. The molecule has 1 N–H and O–H groups in total. The highest BCUT2D eigenvalue weighted by atomic mass is 32.2. The summed E-state index contributed by atoms with van der Waals surface area (Å²) < 4.78 is 24.6. The van der Waals surface area contributed by atoms with Crippen LogP contribution in [0, 0.1) is 0 Å². The molecule has 2 aromatic carbocycles. The number of rotatable bonds is 8. The van der Waals surface area contributed by atoms with Gasteiger partial charge in [-0.05, 0) is 11.1 Å². The lowest BCUT2D eigenvalue weighted by Crippen LogP contribution is -2.36. The van der Waals surface area contributed by atoms with Gasteiger partial charge in [-0.2, -0.15) is 0 Å². The first kappa shape index (κ1) is 19.1. The molecule has 0 aromatic heterocycles. The molecule has 0 bridgehead atoms. The molecular formula is C19H24N2O3S. The van der Waals surface area contributed by atoms with Crippen molar-refractivity contribution in [3.8, 4) is 0 Å². The number of amides is 1. The first-order valence-electron chi connectivity index (χ1n) is 8.15. The average molecular weight is 360 g/mol. The van der Waals surface area contributed by atoms with E-state index in [1.165, 1.54) is 0 Å². The highest BCUT2D eigenvalue weighted by Crippen LogP contribution is 2.28. The Kier molecular flexibility index (Phi) is 6.73. The van der Waals surface area contributed by atoms with Crippen molar-refractivity contribution in [1.29, 1.82) is 0 Å². The molecule has 0 aliphatic heterocycles. The second-order valence-corrected chi connectivity index (χ2v) is 7.89. The van der Waals surface area contributed by atoms with Crippen molar-refractivity contribution in [1.82, 2.24) is 9.62 Å². The van der Waals surface area contributed by atoms with Crippen LogP contribution in [0.3, 0.4) is 0 Å². The minimum absolute atomic E-state index is 0.0204. The molecule has 0 atom stereocenters. The van der Waals surface area contributed by atoms with Crippen LogP contribution >= 0.6 is 0 Å². The molecule has 0 spiro atoms. The van der Waals surface area contributed by atoms with Gasteiger partial charge >= 0.3 is 0 Å². The molecule has 2 aromatic rings. The normalized spacial score (nSPS) is 11.5. The molecule has 1 amide bonds. The summed E-state index contributed by atoms with van der Waals surface area (Å²) in [5, 5.41) is 0. The van der Waals surface area contributed by atoms with Gasteiger partial charge in [0, 0.05) is 32.5 Å². The second kappa shape index (κ2) is 8.78. The molecule has 0 radical (unpaired) electrons. The van der Waals surface area contributed by atoms with Crippen molar-refractivity contribution in [2.45, 2.75) is 12.3 Å². The van der Waals surface area contributed by atoms with Crippen molar-refractivity contribution >= 4 is 15.9 Å². The molecule has 0 saturated carbocycles. The monoisotopic (exact) mass is 360 g/mol. The number of hydrogen-bond donors (Lipinski definition) is 1. The van der Waals surface area contributed by atoms with Crippen molar-refractivity contribution in [2.75, 3.05) is 26.4 Å². The lowest BCUT2D eigenvalue weighted by molar-refractivity contribution is -0.130. The fraction of sp³-hybridized carbons (Fsp3) is 0.316. The summed E-state index contributed by atoms with van der Waals surface area (Å²) >= 11 is 0. The first-order valence-corrected chi connectivity index (χ1v) is 10.0. The number of likely N-dealkylation sites (N-methyl/N-ethyl adjacent to an activating group) is 1. The molecule has 0 unspecified atom stereocenters. The van der Waals surface area contributed by atoms with Gasteiger partial charge in [0.1, 0.15) is 0 Å². The number of nitrogens with zero attached hydrogens (tertiary/aromatic N) is 1. The predicted molar refractivity (Wildman–Crippen MR) is 99.8 cm³/mol. The van der Waals surface area contributed by atoms with Crippen molar-refractivity contribution in [3.63, 3.8) is 0 Å². The van der Waals surface area contributed by atoms with Crippen LogP contribution in [0.4, 0.5) is 0 Å². The Bertz CT molecular complexity index is 737. The molecule has 5 nitrogen and oxygen atoms in total. The van der Waals surface area contributed by atoms with Gasteiger partial charge in [0.2, 0.25) is 15.9 Å². The molecule has 0 saturated heterocycles. The van der Waals surface area contributed by atoms with Gasteiger partial charge in [-0.25, -0.2) is 13.1 Å². The highest BCUT2D eigenvalue weighted by Gasteiger charge is 2.20. The lowest BCUT2D eigenvalue weighted by Gasteiger charge is -2.22. The molecule has 134 valence electrons. The summed E-state index contributed by atoms with van der Waals surface area (Å²) in [6, 6.07) is 19.9. The van der Waals surface area contributed by atoms with Gasteiger partial charge in [0.05, 0.1) is 6.26 Å². The molecule has 0 aliphatic rings. The number of sulfonamides is 1. The first-order chi connectivity index (χ1) is 11.9. The Hall–Kier alpha value is -2.18. The van der Waals surface area contributed by atoms with E-state index in [9.17, 15) is 13.2 Å². The third kappa shape index (κ3) is 6.32. The zero-order valence-electron chi connectivity index (χ0n) is 14.6. The maximum Gasteiger partial charge on any atom is 0.223 e. The van der Waals surface area contributed by atoms with Gasteiger partial charge in [-0.1, -0.05) is 60.7 Å². The van der Waals surface area contributed by atoms with Gasteiger partial charge < -0.3 is 4.90 Å². The fourth-order valence-electron chi connectivity index (χ4n) is 2.65. The van der Waals surface area contributed by atoms with Crippen molar-refractivity contribution < 1.29 is 13.2 Å². The topological polar surface area (TPSA) is 66.5 Å². The van der Waals surface area contributed by atoms with Crippen LogP contribution in [0.25, 0.3) is 0 Å². The van der Waals surface area contributed by atoms with Crippen molar-refractivity contribution in [2.24, 2.45) is 0 Å². The Morgan fingerprint density at radius 1 is 1.00 bits per heavy atom. The molecule has 2 rings (SSSR count). The summed E-state index contributed by atoms with van der Waals surface area (Å²) in [6.45, 7) is 0.546. The van der Waals surface area contributed by atoms with Gasteiger partial charge in [0.15, 0.2) is 0 Å². The standard InChI is InChI=1S/C19H24N2O3S/c1-21(14-13-20-25(2,23)24)19(22)15-18(16-9-5-3-6-10-16)17-11-7-4-8-12-17/h3-12,18,20H,13-15H2,1-2H3. The van der Waals surface area contributed by atoms with E-state index < -0.39 is 10.0 Å². The SMILES string of the molecule is CN(CCNS(C)(=O)=O)C(=O)CC(c1ccccc1)c1ccccc1. The Morgan fingerprint density at radius 3 is 1.92 bits per heavy atom. The predicted octanol–water partition coefficient (Wildman–Crippen LogP) is 2.22. The van der Waals surface area contributed by atoms with E-state index >= 15 is 0 Å². The quantitative estimate of drug-likeness (QED) is 0.785. The smallest absolute Gasteiger partial charge is 0.223 e. The van der Waals surface area contributed by atoms with E-state index in [0.717, 1.165) is 17.4 Å². The molecular weight excluding hydrogens is 336 g/mol. The van der Waals surface area contributed by atoms with Crippen LogP contribution in [0.2, 0.25) is 0 Å². The summed E-state index contributed by atoms with van der Waals surface area (Å²) in [6.07, 6.45) is 1.44. The zero-order chi connectivity index (χ0) is 18.3. The van der Waals surface area contributed by atoms with E-state index in [1.54, 1.807) is 11.9 Å². The van der Waals surface area contributed by atoms with E-state index in [-0.39, 0.29) is 18.4 Å². The van der Waals surface area contributed by atoms with E-state index in [2.05, 4.69) is 4.72 Å². The zero-order valence-corrected chi connectivity index (χ0v) is 15.4. The summed E-state index contributed by atoms with van der Waals surface area (Å²) in [5.74, 6) is -0.0479. The van der Waals surface area contributed by atoms with Crippen LogP contribution in [0.15, 0.2) is 60.7 Å². The molecule has 0 heterocycles. The number of carbonyl (C=O) groups excluding carboxylic acids is 1. The van der Waals surface area contributed by atoms with Crippen LogP contribution in [-0.4, -0.2) is 45.6 Å². The minimum Gasteiger partial charge on any atom is -0.344 e. The van der Waals surface area contributed by atoms with E-state index in [1.807, 2.05) is 60.7 Å². The Balaban J connectivity index is 2.07. The van der Waals surface area contributed by atoms with Crippen LogP contribution in [0.5, 0.6) is 0 Å². The number of nitrogens with one attached hydrogen (secondary N) is 1. The third-order valence-electron chi connectivity index (χ3n) is 4.02. The Labute approximate surface area is 149 Å². The maximum atomic E-state index is 12.6. The summed E-state index contributed by atoms with van der Waals surface area (Å²) in [5.41, 5.74) is 2.18. The molecule has 25 heavy (non-hydrogen) atoms. The minimum atomic E-state index is -3.24. The maximum absolute atomic E-state index is 12.6. The van der Waals surface area contributed by atoms with Gasteiger partial charge in [0.25, 0.3) is 0 Å². The second-order valence-electron chi connectivity index (χ2n) is 6.06. The van der Waals surface area contributed by atoms with E-state index in [4.69, 9.17) is 0 Å². The highest BCUT2D eigenvalue weighted by molar-refractivity contribution is 7.88. The number of benzene rings is 2. The third-order valence-corrected chi connectivity index (χ3v) is 4.75. The van der Waals surface area contributed by atoms with Crippen molar-refractivity contribution in [3.05, 3.63) is 71.8 Å². The average Bonchev–Trinajstić information content (AvgIpc) is 2.59. The number of carbonyl (C=O) groups is 1. The number of hydrogen-bond acceptors (Lipinski definition) is 3. The lowest BCUT2D eigenvalue weighted by atomic mass is 9.88. The molecule has 0 aliphatic carbocycles. The summed E-state index contributed by atoms with van der Waals surface area (Å²) in [4.78, 5) is 14.2. The molecule has 0 fully saturated rings. The summed E-state index contributed by atoms with van der Waals surface area (Å²) in [7, 11) is -1.55. The molecule has 6 heteroatoms. The van der Waals surface area contributed by atoms with Gasteiger partial charge in [-0.3, -0.25) is 4.79 Å². The largest absolute Gasteiger partial charge is 0.344 e. The van der Waals surface area contributed by atoms with Gasteiger partial charge in [-0.15, -0.1) is 0 Å². The van der Waals surface area contributed by atoms with E-state index in [0.29, 0.717) is 13.0 Å².